The van der Waals surface area contributed by atoms with Crippen LogP contribution in [0.3, 0.4) is 0 Å². The van der Waals surface area contributed by atoms with Gasteiger partial charge >= 0.3 is 0 Å². The first-order chi connectivity index (χ1) is 9.17. The van der Waals surface area contributed by atoms with E-state index >= 15 is 0 Å². The van der Waals surface area contributed by atoms with E-state index in [1.54, 1.807) is 0 Å². The van der Waals surface area contributed by atoms with Crippen molar-refractivity contribution >= 4 is 21.7 Å². The number of pyridine rings is 1. The molecule has 106 valence electrons. The largest absolute Gasteiger partial charge is 0.353 e. The quantitative estimate of drug-likeness (QED) is 0.921. The van der Waals surface area contributed by atoms with E-state index in [9.17, 15) is 0 Å². The van der Waals surface area contributed by atoms with E-state index in [0.29, 0.717) is 12.0 Å². The summed E-state index contributed by atoms with van der Waals surface area (Å²) in [6, 6.07) is 2.70. The van der Waals surface area contributed by atoms with Gasteiger partial charge in [-0.25, -0.2) is 4.98 Å². The fraction of sp³-hybridized carbons (Fsp3) is 0.667. The number of hydrogen-bond donors (Lipinski definition) is 1. The highest BCUT2D eigenvalue weighted by Gasteiger charge is 2.29. The minimum absolute atomic E-state index is 0.552. The Balaban J connectivity index is 2.27. The van der Waals surface area contributed by atoms with Gasteiger partial charge in [-0.15, -0.1) is 0 Å². The smallest absolute Gasteiger partial charge is 0.131 e. The van der Waals surface area contributed by atoms with Crippen molar-refractivity contribution in [3.05, 3.63) is 22.3 Å². The van der Waals surface area contributed by atoms with Crippen molar-refractivity contribution in [1.82, 2.24) is 4.98 Å². The summed E-state index contributed by atoms with van der Waals surface area (Å²) in [6.45, 7) is 6.13. The minimum Gasteiger partial charge on any atom is -0.353 e. The molecule has 1 saturated carbocycles. The number of aryl methyl sites for hydroxylation is 1. The van der Waals surface area contributed by atoms with E-state index in [1.165, 1.54) is 31.2 Å². The first kappa shape index (κ1) is 14.8. The Morgan fingerprint density at radius 3 is 2.79 bits per heavy atom. The van der Waals surface area contributed by atoms with Crippen LogP contribution in [0.1, 0.15) is 38.2 Å². The van der Waals surface area contributed by atoms with Gasteiger partial charge in [0.25, 0.3) is 0 Å². The number of hydrogen-bond acceptors (Lipinski definition) is 3. The molecule has 1 heterocycles. The highest BCUT2D eigenvalue weighted by molar-refractivity contribution is 9.10. The predicted octanol–water partition coefficient (Wildman–Crippen LogP) is 3.50. The van der Waals surface area contributed by atoms with Crippen LogP contribution in [0.2, 0.25) is 0 Å². The van der Waals surface area contributed by atoms with Crippen LogP contribution < -0.4 is 10.6 Å². The maximum absolute atomic E-state index is 5.97. The Hall–Kier alpha value is -0.610. The molecule has 1 fully saturated rings. The second-order valence-corrected chi connectivity index (χ2v) is 6.34. The fourth-order valence-electron chi connectivity index (χ4n) is 3.25. The van der Waals surface area contributed by atoms with E-state index < -0.39 is 0 Å². The molecule has 2 atom stereocenters. The van der Waals surface area contributed by atoms with E-state index in [1.807, 2.05) is 6.20 Å². The molecule has 0 spiro atoms. The van der Waals surface area contributed by atoms with E-state index in [2.05, 4.69) is 45.7 Å². The zero-order chi connectivity index (χ0) is 13.8. The number of rotatable bonds is 4. The topological polar surface area (TPSA) is 42.2 Å². The summed E-state index contributed by atoms with van der Waals surface area (Å²) in [7, 11) is 0. The third-order valence-corrected chi connectivity index (χ3v) is 4.64. The van der Waals surface area contributed by atoms with Crippen molar-refractivity contribution in [3.8, 4) is 0 Å². The van der Waals surface area contributed by atoms with Crippen LogP contribution >= 0.6 is 15.9 Å². The van der Waals surface area contributed by atoms with Gasteiger partial charge in [0.1, 0.15) is 5.82 Å². The number of aromatic nitrogens is 1. The van der Waals surface area contributed by atoms with Gasteiger partial charge in [0, 0.05) is 23.3 Å². The lowest BCUT2D eigenvalue weighted by Crippen LogP contribution is -2.45. The van der Waals surface area contributed by atoms with Crippen molar-refractivity contribution < 1.29 is 0 Å². The molecule has 2 rings (SSSR count). The van der Waals surface area contributed by atoms with Crippen LogP contribution in [0, 0.1) is 12.8 Å². The molecule has 1 aromatic heterocycles. The van der Waals surface area contributed by atoms with E-state index in [0.717, 1.165) is 23.4 Å². The average molecular weight is 326 g/mol. The van der Waals surface area contributed by atoms with Crippen LogP contribution in [-0.4, -0.2) is 24.1 Å². The number of halogens is 1. The van der Waals surface area contributed by atoms with Gasteiger partial charge < -0.3 is 10.6 Å². The molecule has 19 heavy (non-hydrogen) atoms. The minimum atomic E-state index is 0.552. The summed E-state index contributed by atoms with van der Waals surface area (Å²) < 4.78 is 1.05. The normalized spacial score (nSPS) is 23.4. The SMILES string of the molecule is CCN(c1ncc(Br)cc1C)C1CCCCC1CN. The molecule has 2 unspecified atom stereocenters. The molecule has 0 bridgehead atoms. The van der Waals surface area contributed by atoms with Gasteiger partial charge in [-0.05, 0) is 66.7 Å². The lowest BCUT2D eigenvalue weighted by molar-refractivity contribution is 0.299. The monoisotopic (exact) mass is 325 g/mol. The molecule has 1 aliphatic rings. The van der Waals surface area contributed by atoms with Crippen molar-refractivity contribution in [2.75, 3.05) is 18.0 Å². The molecule has 1 aliphatic carbocycles. The van der Waals surface area contributed by atoms with Gasteiger partial charge in [0.05, 0.1) is 0 Å². The lowest BCUT2D eigenvalue weighted by Gasteiger charge is -2.40. The Morgan fingerprint density at radius 1 is 1.42 bits per heavy atom. The Labute approximate surface area is 124 Å². The fourth-order valence-corrected chi connectivity index (χ4v) is 3.69. The van der Waals surface area contributed by atoms with Gasteiger partial charge in [-0.3, -0.25) is 0 Å². The molecular formula is C15H24BrN3. The van der Waals surface area contributed by atoms with E-state index in [-0.39, 0.29) is 0 Å². The van der Waals surface area contributed by atoms with Crippen molar-refractivity contribution in [2.45, 2.75) is 45.6 Å². The molecule has 3 nitrogen and oxygen atoms in total. The first-order valence-electron chi connectivity index (χ1n) is 7.26. The highest BCUT2D eigenvalue weighted by atomic mass is 79.9. The van der Waals surface area contributed by atoms with Gasteiger partial charge in [-0.1, -0.05) is 12.8 Å². The lowest BCUT2D eigenvalue weighted by atomic mass is 9.83. The second-order valence-electron chi connectivity index (χ2n) is 5.43. The Morgan fingerprint density at radius 2 is 2.16 bits per heavy atom. The summed E-state index contributed by atoms with van der Waals surface area (Å²) in [5.74, 6) is 1.73. The third-order valence-electron chi connectivity index (χ3n) is 4.20. The third kappa shape index (κ3) is 3.29. The molecule has 1 aromatic rings. The number of anilines is 1. The molecule has 0 saturated heterocycles. The first-order valence-corrected chi connectivity index (χ1v) is 8.05. The molecule has 4 heteroatoms. The zero-order valence-corrected chi connectivity index (χ0v) is 13.5. The van der Waals surface area contributed by atoms with Crippen molar-refractivity contribution in [1.29, 1.82) is 0 Å². The van der Waals surface area contributed by atoms with Crippen LogP contribution in [0.25, 0.3) is 0 Å². The Kier molecular flexibility index (Phi) is 5.22. The molecule has 0 aliphatic heterocycles. The standard InChI is InChI=1S/C15H24BrN3/c1-3-19(14-7-5-4-6-12(14)9-17)15-11(2)8-13(16)10-18-15/h8,10,12,14H,3-7,9,17H2,1-2H3. The second kappa shape index (κ2) is 6.71. The highest BCUT2D eigenvalue weighted by Crippen LogP contribution is 2.32. The van der Waals surface area contributed by atoms with Gasteiger partial charge in [-0.2, -0.15) is 0 Å². The number of nitrogens with two attached hydrogens (primary N) is 1. The number of nitrogens with zero attached hydrogens (tertiary/aromatic N) is 2. The van der Waals surface area contributed by atoms with Crippen LogP contribution in [-0.2, 0) is 0 Å². The van der Waals surface area contributed by atoms with Gasteiger partial charge in [0.15, 0.2) is 0 Å². The maximum Gasteiger partial charge on any atom is 0.131 e. The summed E-state index contributed by atoms with van der Waals surface area (Å²) in [6.07, 6.45) is 7.03. The molecular weight excluding hydrogens is 302 g/mol. The van der Waals surface area contributed by atoms with Gasteiger partial charge in [0.2, 0.25) is 0 Å². The van der Waals surface area contributed by atoms with Crippen LogP contribution in [0.15, 0.2) is 16.7 Å². The summed E-state index contributed by atoms with van der Waals surface area (Å²) in [5, 5.41) is 0. The molecule has 0 amide bonds. The van der Waals surface area contributed by atoms with E-state index in [4.69, 9.17) is 5.73 Å². The summed E-state index contributed by atoms with van der Waals surface area (Å²) in [5.41, 5.74) is 7.21. The summed E-state index contributed by atoms with van der Waals surface area (Å²) in [4.78, 5) is 7.09. The maximum atomic E-state index is 5.97. The van der Waals surface area contributed by atoms with Crippen LogP contribution in [0.4, 0.5) is 5.82 Å². The van der Waals surface area contributed by atoms with Crippen molar-refractivity contribution in [2.24, 2.45) is 11.7 Å². The van der Waals surface area contributed by atoms with Crippen LogP contribution in [0.5, 0.6) is 0 Å². The zero-order valence-electron chi connectivity index (χ0n) is 11.9. The molecule has 2 N–H and O–H groups in total. The molecule has 0 aromatic carbocycles. The Bertz CT molecular complexity index is 422. The van der Waals surface area contributed by atoms with Crippen molar-refractivity contribution in [3.63, 3.8) is 0 Å². The summed E-state index contributed by atoms with van der Waals surface area (Å²) >= 11 is 3.49. The average Bonchev–Trinajstić information content (AvgIpc) is 2.42. The predicted molar refractivity (Wildman–Crippen MR) is 84.5 cm³/mol. The molecule has 0 radical (unpaired) electrons.